The fourth-order valence-corrected chi connectivity index (χ4v) is 4.94. The van der Waals surface area contributed by atoms with Crippen LogP contribution in [0, 0.1) is 13.8 Å². The molecule has 0 spiro atoms. The van der Waals surface area contributed by atoms with Gasteiger partial charge in [0.25, 0.3) is 0 Å². The summed E-state index contributed by atoms with van der Waals surface area (Å²) in [6, 6.07) is 9.35. The van der Waals surface area contributed by atoms with E-state index in [0.717, 1.165) is 20.8 Å². The van der Waals surface area contributed by atoms with Gasteiger partial charge in [-0.2, -0.15) is 5.10 Å². The molecule has 6 nitrogen and oxygen atoms in total. The van der Waals surface area contributed by atoms with Gasteiger partial charge in [-0.05, 0) is 37.1 Å². The molecule has 9 heteroatoms. The second kappa shape index (κ2) is 8.52. The van der Waals surface area contributed by atoms with Crippen LogP contribution >= 0.6 is 34.7 Å². The summed E-state index contributed by atoms with van der Waals surface area (Å²) >= 11 is 9.00. The molecule has 4 aromatic rings. The van der Waals surface area contributed by atoms with Crippen LogP contribution in [-0.4, -0.2) is 31.4 Å². The first-order valence-electron chi connectivity index (χ1n) is 8.91. The molecule has 0 saturated carbocycles. The second-order valence-electron chi connectivity index (χ2n) is 6.48. The number of carbonyl (C=O) groups excluding carboxylic acids is 1. The quantitative estimate of drug-likeness (QED) is 0.337. The number of thiophene rings is 1. The Bertz CT molecular complexity index is 1170. The van der Waals surface area contributed by atoms with Crippen molar-refractivity contribution in [3.63, 3.8) is 0 Å². The number of amides is 1. The predicted molar refractivity (Wildman–Crippen MR) is 119 cm³/mol. The average Bonchev–Trinajstić information content (AvgIpc) is 3.26. The number of nitrogens with zero attached hydrogens (tertiary/aromatic N) is 4. The van der Waals surface area contributed by atoms with Crippen molar-refractivity contribution < 1.29 is 4.79 Å². The van der Waals surface area contributed by atoms with Gasteiger partial charge < -0.3 is 5.32 Å². The molecule has 0 aliphatic carbocycles. The lowest BCUT2D eigenvalue weighted by Gasteiger charge is -2.09. The summed E-state index contributed by atoms with van der Waals surface area (Å²) in [4.78, 5) is 23.4. The molecule has 0 aliphatic heterocycles. The molecule has 0 aliphatic rings. The van der Waals surface area contributed by atoms with E-state index in [9.17, 15) is 4.79 Å². The van der Waals surface area contributed by atoms with Gasteiger partial charge in [0, 0.05) is 21.4 Å². The topological polar surface area (TPSA) is 72.7 Å². The zero-order valence-corrected chi connectivity index (χ0v) is 18.2. The van der Waals surface area contributed by atoms with E-state index in [1.165, 1.54) is 22.2 Å². The Morgan fingerprint density at radius 3 is 2.79 bits per heavy atom. The maximum Gasteiger partial charge on any atom is 0.235 e. The van der Waals surface area contributed by atoms with E-state index >= 15 is 0 Å². The molecule has 4 rings (SSSR count). The van der Waals surface area contributed by atoms with Crippen LogP contribution in [0.15, 0.2) is 47.9 Å². The Morgan fingerprint density at radius 1 is 1.21 bits per heavy atom. The van der Waals surface area contributed by atoms with Gasteiger partial charge in [-0.3, -0.25) is 4.79 Å². The first-order valence-corrected chi connectivity index (χ1v) is 11.1. The number of hydrogen-bond donors (Lipinski definition) is 1. The number of hydrogen-bond acceptors (Lipinski definition) is 6. The number of aromatic nitrogens is 4. The number of carbonyl (C=O) groups is 1. The number of benzene rings is 1. The van der Waals surface area contributed by atoms with Gasteiger partial charge in [0.05, 0.1) is 18.5 Å². The summed E-state index contributed by atoms with van der Waals surface area (Å²) in [5.41, 5.74) is 2.23. The van der Waals surface area contributed by atoms with Crippen molar-refractivity contribution in [2.45, 2.75) is 25.4 Å². The third-order valence-electron chi connectivity index (χ3n) is 4.50. The van der Waals surface area contributed by atoms with Crippen molar-refractivity contribution in [1.82, 2.24) is 19.7 Å². The van der Waals surface area contributed by atoms with Gasteiger partial charge in [-0.1, -0.05) is 35.5 Å². The van der Waals surface area contributed by atoms with Crippen molar-refractivity contribution in [2.24, 2.45) is 0 Å². The van der Waals surface area contributed by atoms with Gasteiger partial charge in [-0.15, -0.1) is 11.3 Å². The molecule has 0 bridgehead atoms. The Balaban J connectivity index is 1.42. The van der Waals surface area contributed by atoms with Gasteiger partial charge in [-0.25, -0.2) is 14.6 Å². The van der Waals surface area contributed by atoms with E-state index in [0.29, 0.717) is 17.4 Å². The van der Waals surface area contributed by atoms with Crippen LogP contribution in [0.1, 0.15) is 16.0 Å². The number of thioether (sulfide) groups is 1. The predicted octanol–water partition coefficient (Wildman–Crippen LogP) is 4.94. The molecule has 0 radical (unpaired) electrons. The lowest BCUT2D eigenvalue weighted by atomic mass is 10.2. The molecule has 3 aromatic heterocycles. The number of anilines is 1. The largest absolute Gasteiger partial charge is 0.310 e. The molecule has 0 unspecified atom stereocenters. The van der Waals surface area contributed by atoms with Crippen LogP contribution in [0.4, 0.5) is 5.82 Å². The van der Waals surface area contributed by atoms with E-state index in [1.54, 1.807) is 34.6 Å². The van der Waals surface area contributed by atoms with E-state index in [2.05, 4.69) is 34.2 Å². The third-order valence-corrected chi connectivity index (χ3v) is 6.86. The van der Waals surface area contributed by atoms with Crippen molar-refractivity contribution >= 4 is 56.6 Å². The summed E-state index contributed by atoms with van der Waals surface area (Å²) in [6.07, 6.45) is 3.23. The molecule has 1 amide bonds. The minimum absolute atomic E-state index is 0.107. The summed E-state index contributed by atoms with van der Waals surface area (Å²) in [5, 5.41) is 9.80. The van der Waals surface area contributed by atoms with Crippen molar-refractivity contribution in [3.8, 4) is 0 Å². The standard InChI is InChI=1S/C20H18ClN5OS2/c1-12-13(2)29-20-18(12)19(22-11-23-20)28-10-17(27)25-16-7-8-24-26(16)9-14-3-5-15(21)6-4-14/h3-8,11H,9-10H2,1-2H3,(H,25,27). The molecule has 29 heavy (non-hydrogen) atoms. The number of fused-ring (bicyclic) bond motifs is 1. The molecule has 0 fully saturated rings. The first kappa shape index (κ1) is 19.9. The minimum Gasteiger partial charge on any atom is -0.310 e. The van der Waals surface area contributed by atoms with E-state index in [4.69, 9.17) is 11.6 Å². The minimum atomic E-state index is -0.107. The van der Waals surface area contributed by atoms with Crippen LogP contribution in [-0.2, 0) is 11.3 Å². The first-order chi connectivity index (χ1) is 14.0. The Kier molecular flexibility index (Phi) is 5.84. The summed E-state index contributed by atoms with van der Waals surface area (Å²) in [6.45, 7) is 4.69. The molecule has 1 aromatic carbocycles. The fraction of sp³-hybridized carbons (Fsp3) is 0.200. The highest BCUT2D eigenvalue weighted by Gasteiger charge is 2.14. The summed E-state index contributed by atoms with van der Waals surface area (Å²) in [5.74, 6) is 0.803. The monoisotopic (exact) mass is 443 g/mol. The molecular weight excluding hydrogens is 426 g/mol. The lowest BCUT2D eigenvalue weighted by Crippen LogP contribution is -2.18. The second-order valence-corrected chi connectivity index (χ2v) is 9.08. The Morgan fingerprint density at radius 2 is 2.00 bits per heavy atom. The zero-order chi connectivity index (χ0) is 20.4. The number of aryl methyl sites for hydroxylation is 2. The Labute approximate surface area is 181 Å². The van der Waals surface area contributed by atoms with Crippen molar-refractivity contribution in [3.05, 3.63) is 63.9 Å². The van der Waals surface area contributed by atoms with E-state index in [1.807, 2.05) is 24.3 Å². The number of halogens is 1. The Hall–Kier alpha value is -2.42. The molecule has 0 saturated heterocycles. The van der Waals surface area contributed by atoms with Crippen LogP contribution in [0.3, 0.4) is 0 Å². The van der Waals surface area contributed by atoms with Gasteiger partial charge in [0.15, 0.2) is 0 Å². The zero-order valence-electron chi connectivity index (χ0n) is 15.8. The molecule has 1 N–H and O–H groups in total. The van der Waals surface area contributed by atoms with E-state index < -0.39 is 0 Å². The summed E-state index contributed by atoms with van der Waals surface area (Å²) < 4.78 is 1.75. The molecule has 3 heterocycles. The molecule has 0 atom stereocenters. The number of rotatable bonds is 6. The summed E-state index contributed by atoms with van der Waals surface area (Å²) in [7, 11) is 0. The van der Waals surface area contributed by atoms with Gasteiger partial charge >= 0.3 is 0 Å². The fourth-order valence-electron chi connectivity index (χ4n) is 2.90. The van der Waals surface area contributed by atoms with Crippen LogP contribution in [0.2, 0.25) is 5.02 Å². The SMILES string of the molecule is Cc1sc2ncnc(SCC(=O)Nc3ccnn3Cc3ccc(Cl)cc3)c2c1C. The molecular formula is C20H18ClN5OS2. The van der Waals surface area contributed by atoms with Crippen LogP contribution in [0.25, 0.3) is 10.2 Å². The van der Waals surface area contributed by atoms with Gasteiger partial charge in [0.2, 0.25) is 5.91 Å². The highest BCUT2D eigenvalue weighted by atomic mass is 35.5. The smallest absolute Gasteiger partial charge is 0.235 e. The van der Waals surface area contributed by atoms with Crippen LogP contribution < -0.4 is 5.32 Å². The van der Waals surface area contributed by atoms with Crippen molar-refractivity contribution in [2.75, 3.05) is 11.1 Å². The maximum absolute atomic E-state index is 12.5. The van der Waals surface area contributed by atoms with E-state index in [-0.39, 0.29) is 11.7 Å². The molecule has 148 valence electrons. The number of nitrogens with one attached hydrogen (secondary N) is 1. The maximum atomic E-state index is 12.5. The van der Waals surface area contributed by atoms with Crippen LogP contribution in [0.5, 0.6) is 0 Å². The lowest BCUT2D eigenvalue weighted by molar-refractivity contribution is -0.113. The normalized spacial score (nSPS) is 11.1. The van der Waals surface area contributed by atoms with Crippen molar-refractivity contribution in [1.29, 1.82) is 0 Å². The highest BCUT2D eigenvalue weighted by Crippen LogP contribution is 2.34. The van der Waals surface area contributed by atoms with Gasteiger partial charge in [0.1, 0.15) is 22.0 Å². The highest BCUT2D eigenvalue weighted by molar-refractivity contribution is 8.00. The third kappa shape index (κ3) is 4.44. The average molecular weight is 444 g/mol.